The average molecular weight is 336 g/mol. The van der Waals surface area contributed by atoms with Gasteiger partial charge in [-0.15, -0.1) is 0 Å². The van der Waals surface area contributed by atoms with Gasteiger partial charge in [-0.3, -0.25) is 4.79 Å². The Balaban J connectivity index is 1.93. The number of hydrogen-bond acceptors (Lipinski definition) is 4. The molecule has 24 heavy (non-hydrogen) atoms. The standard InChI is InChI=1S/C20H32O4/c1-17(21)13-14-19-16-15-18(24-19)11-9-7-5-3-4-6-8-10-12-20(22)23-2/h15-16H,3-14H2,1-2H3. The van der Waals surface area contributed by atoms with E-state index in [-0.39, 0.29) is 11.8 Å². The van der Waals surface area contributed by atoms with E-state index in [0.29, 0.717) is 19.3 Å². The molecule has 0 aliphatic rings. The Morgan fingerprint density at radius 3 is 1.96 bits per heavy atom. The molecule has 0 radical (unpaired) electrons. The van der Waals surface area contributed by atoms with Crippen molar-refractivity contribution >= 4 is 11.8 Å². The number of carbonyl (C=O) groups excluding carboxylic acids is 2. The number of hydrogen-bond donors (Lipinski definition) is 0. The van der Waals surface area contributed by atoms with Crippen molar-refractivity contribution in [3.63, 3.8) is 0 Å². The molecule has 4 heteroatoms. The first kappa shape index (κ1) is 20.5. The van der Waals surface area contributed by atoms with Crippen LogP contribution in [0, 0.1) is 0 Å². The lowest BCUT2D eigenvalue weighted by Crippen LogP contribution is -1.99. The Hall–Kier alpha value is -1.58. The van der Waals surface area contributed by atoms with Crippen LogP contribution in [-0.2, 0) is 27.2 Å². The van der Waals surface area contributed by atoms with E-state index in [1.165, 1.54) is 39.2 Å². The third-order valence-electron chi connectivity index (χ3n) is 4.22. The minimum atomic E-state index is -0.0997. The minimum absolute atomic E-state index is 0.0997. The van der Waals surface area contributed by atoms with E-state index in [4.69, 9.17) is 4.42 Å². The molecule has 0 aliphatic heterocycles. The van der Waals surface area contributed by atoms with Crippen molar-refractivity contribution in [2.75, 3.05) is 7.11 Å². The Kier molecular flexibility index (Phi) is 10.9. The summed E-state index contributed by atoms with van der Waals surface area (Å²) in [7, 11) is 1.44. The van der Waals surface area contributed by atoms with Gasteiger partial charge in [0.2, 0.25) is 0 Å². The maximum Gasteiger partial charge on any atom is 0.305 e. The van der Waals surface area contributed by atoms with E-state index in [0.717, 1.165) is 37.2 Å². The number of unbranched alkanes of at least 4 members (excludes halogenated alkanes) is 7. The lowest BCUT2D eigenvalue weighted by atomic mass is 10.1. The lowest BCUT2D eigenvalue weighted by molar-refractivity contribution is -0.140. The van der Waals surface area contributed by atoms with E-state index in [1.54, 1.807) is 6.92 Å². The van der Waals surface area contributed by atoms with E-state index < -0.39 is 0 Å². The smallest absolute Gasteiger partial charge is 0.305 e. The topological polar surface area (TPSA) is 56.5 Å². The summed E-state index contributed by atoms with van der Waals surface area (Å²) < 4.78 is 10.4. The van der Waals surface area contributed by atoms with Crippen molar-refractivity contribution in [3.8, 4) is 0 Å². The van der Waals surface area contributed by atoms with Crippen molar-refractivity contribution in [2.45, 2.75) is 84.0 Å². The second-order valence-corrected chi connectivity index (χ2v) is 6.47. The number of carbonyl (C=O) groups is 2. The maximum atomic E-state index is 11.0. The zero-order valence-corrected chi connectivity index (χ0v) is 15.3. The van der Waals surface area contributed by atoms with Crippen LogP contribution in [0.4, 0.5) is 0 Å². The number of esters is 1. The highest BCUT2D eigenvalue weighted by Crippen LogP contribution is 2.15. The van der Waals surface area contributed by atoms with E-state index >= 15 is 0 Å². The van der Waals surface area contributed by atoms with Gasteiger partial charge in [0.05, 0.1) is 7.11 Å². The summed E-state index contributed by atoms with van der Waals surface area (Å²) in [6, 6.07) is 4.03. The number of furan rings is 1. The number of aryl methyl sites for hydroxylation is 2. The fourth-order valence-corrected chi connectivity index (χ4v) is 2.72. The van der Waals surface area contributed by atoms with Crippen LogP contribution in [0.5, 0.6) is 0 Å². The first-order valence-electron chi connectivity index (χ1n) is 9.25. The van der Waals surface area contributed by atoms with Gasteiger partial charge in [-0.25, -0.2) is 0 Å². The molecule has 0 aromatic carbocycles. The molecule has 4 nitrogen and oxygen atoms in total. The van der Waals surface area contributed by atoms with Crippen LogP contribution < -0.4 is 0 Å². The van der Waals surface area contributed by atoms with Crippen LogP contribution in [0.3, 0.4) is 0 Å². The predicted octanol–water partition coefficient (Wildman–Crippen LogP) is 5.03. The minimum Gasteiger partial charge on any atom is -0.469 e. The van der Waals surface area contributed by atoms with Crippen LogP contribution in [0.2, 0.25) is 0 Å². The van der Waals surface area contributed by atoms with Crippen LogP contribution in [-0.4, -0.2) is 18.9 Å². The van der Waals surface area contributed by atoms with Crippen LogP contribution >= 0.6 is 0 Å². The summed E-state index contributed by atoms with van der Waals surface area (Å²) in [6.45, 7) is 1.61. The quantitative estimate of drug-likeness (QED) is 0.353. The molecule has 0 aliphatic carbocycles. The van der Waals surface area contributed by atoms with E-state index in [1.807, 2.05) is 12.1 Å². The van der Waals surface area contributed by atoms with Gasteiger partial charge in [0.15, 0.2) is 0 Å². The fourth-order valence-electron chi connectivity index (χ4n) is 2.72. The van der Waals surface area contributed by atoms with Gasteiger partial charge in [-0.05, 0) is 31.9 Å². The Morgan fingerprint density at radius 1 is 0.833 bits per heavy atom. The van der Waals surface area contributed by atoms with E-state index in [2.05, 4.69) is 4.74 Å². The molecule has 1 heterocycles. The maximum absolute atomic E-state index is 11.0. The Morgan fingerprint density at radius 2 is 1.38 bits per heavy atom. The third kappa shape index (κ3) is 10.2. The molecule has 0 amide bonds. The Labute approximate surface area is 146 Å². The number of ketones is 1. The zero-order chi connectivity index (χ0) is 17.6. The zero-order valence-electron chi connectivity index (χ0n) is 15.3. The van der Waals surface area contributed by atoms with Gasteiger partial charge in [-0.1, -0.05) is 38.5 Å². The molecule has 1 aromatic heterocycles. The number of rotatable bonds is 14. The SMILES string of the molecule is COC(=O)CCCCCCCCCCc1ccc(CCC(C)=O)o1. The summed E-state index contributed by atoms with van der Waals surface area (Å²) in [5.41, 5.74) is 0. The molecule has 0 N–H and O–H groups in total. The highest BCUT2D eigenvalue weighted by molar-refractivity contribution is 5.75. The molecular weight excluding hydrogens is 304 g/mol. The van der Waals surface area contributed by atoms with Crippen molar-refractivity contribution in [1.29, 1.82) is 0 Å². The highest BCUT2D eigenvalue weighted by atomic mass is 16.5. The molecule has 0 saturated carbocycles. The number of methoxy groups -OCH3 is 1. The molecular formula is C20H32O4. The normalized spacial score (nSPS) is 10.8. The van der Waals surface area contributed by atoms with Gasteiger partial charge in [0.25, 0.3) is 0 Å². The third-order valence-corrected chi connectivity index (χ3v) is 4.22. The van der Waals surface area contributed by atoms with Gasteiger partial charge in [0.1, 0.15) is 17.3 Å². The summed E-state index contributed by atoms with van der Waals surface area (Å²) in [5.74, 6) is 2.07. The second kappa shape index (κ2) is 12.8. The number of ether oxygens (including phenoxy) is 1. The molecule has 0 saturated heterocycles. The van der Waals surface area contributed by atoms with Gasteiger partial charge in [0, 0.05) is 25.7 Å². The first-order chi connectivity index (χ1) is 11.6. The van der Waals surface area contributed by atoms with Crippen molar-refractivity contribution < 1.29 is 18.7 Å². The van der Waals surface area contributed by atoms with Gasteiger partial charge in [-0.2, -0.15) is 0 Å². The largest absolute Gasteiger partial charge is 0.469 e. The predicted molar refractivity (Wildman–Crippen MR) is 95.0 cm³/mol. The molecule has 0 unspecified atom stereocenters. The van der Waals surface area contributed by atoms with Crippen molar-refractivity contribution in [2.24, 2.45) is 0 Å². The van der Waals surface area contributed by atoms with Crippen LogP contribution in [0.1, 0.15) is 82.7 Å². The van der Waals surface area contributed by atoms with Gasteiger partial charge < -0.3 is 13.9 Å². The van der Waals surface area contributed by atoms with Crippen molar-refractivity contribution in [3.05, 3.63) is 23.7 Å². The summed E-state index contributed by atoms with van der Waals surface area (Å²) >= 11 is 0. The van der Waals surface area contributed by atoms with E-state index in [9.17, 15) is 9.59 Å². The monoisotopic (exact) mass is 336 g/mol. The molecule has 136 valence electrons. The average Bonchev–Trinajstić information content (AvgIpc) is 3.02. The second-order valence-electron chi connectivity index (χ2n) is 6.47. The Bertz CT molecular complexity index is 476. The molecule has 0 bridgehead atoms. The lowest BCUT2D eigenvalue weighted by Gasteiger charge is -2.02. The first-order valence-corrected chi connectivity index (χ1v) is 9.25. The van der Waals surface area contributed by atoms with Gasteiger partial charge >= 0.3 is 5.97 Å². The van der Waals surface area contributed by atoms with Crippen LogP contribution in [0.25, 0.3) is 0 Å². The number of Topliss-reactive ketones (excluding diaryl/α,β-unsaturated/α-hetero) is 1. The summed E-state index contributed by atoms with van der Waals surface area (Å²) in [6.07, 6.45) is 12.2. The molecule has 0 spiro atoms. The highest BCUT2D eigenvalue weighted by Gasteiger charge is 2.04. The van der Waals surface area contributed by atoms with Crippen LogP contribution in [0.15, 0.2) is 16.5 Å². The fraction of sp³-hybridized carbons (Fsp3) is 0.700. The molecule has 0 atom stereocenters. The molecule has 0 fully saturated rings. The summed E-state index contributed by atoms with van der Waals surface area (Å²) in [4.78, 5) is 21.9. The summed E-state index contributed by atoms with van der Waals surface area (Å²) in [5, 5.41) is 0. The molecule has 1 rings (SSSR count). The molecule has 1 aromatic rings. The van der Waals surface area contributed by atoms with Crippen molar-refractivity contribution in [1.82, 2.24) is 0 Å².